The second-order valence-corrected chi connectivity index (χ2v) is 18.3. The first-order valence-corrected chi connectivity index (χ1v) is 19.1. The van der Waals surface area contributed by atoms with Crippen molar-refractivity contribution in [1.82, 2.24) is 0 Å². The van der Waals surface area contributed by atoms with Crippen molar-refractivity contribution in [3.8, 4) is 0 Å². The van der Waals surface area contributed by atoms with Crippen molar-refractivity contribution in [2.24, 2.45) is 51.8 Å². The Labute approximate surface area is 258 Å². The van der Waals surface area contributed by atoms with Gasteiger partial charge in [-0.3, -0.25) is 4.79 Å². The number of ketones is 1. The Balaban J connectivity index is 1.56. The SMILES string of the molecule is CCCC1C(C2=C(C(C)C)C(=O)CC2(C)C(O)C2SCCCS2)CCC2C1(C)CCC1C(CS)C(O)CCC12C. The smallest absolute Gasteiger partial charge is 0.160 e. The molecule has 0 radical (unpaired) electrons. The van der Waals surface area contributed by atoms with Gasteiger partial charge in [-0.15, -0.1) is 23.5 Å². The summed E-state index contributed by atoms with van der Waals surface area (Å²) in [5.41, 5.74) is 2.43. The minimum absolute atomic E-state index is 0.158. The largest absolute Gasteiger partial charge is 0.393 e. The van der Waals surface area contributed by atoms with E-state index in [1.54, 1.807) is 0 Å². The van der Waals surface area contributed by atoms with Gasteiger partial charge in [-0.2, -0.15) is 12.6 Å². The number of rotatable bonds is 7. The molecule has 5 rings (SSSR count). The van der Waals surface area contributed by atoms with Crippen LogP contribution in [0.25, 0.3) is 0 Å². The highest BCUT2D eigenvalue weighted by Crippen LogP contribution is 2.70. The van der Waals surface area contributed by atoms with Gasteiger partial charge >= 0.3 is 0 Å². The molecular formula is C34H56O3S3. The number of hydrogen-bond donors (Lipinski definition) is 3. The Morgan fingerprint density at radius 1 is 1.02 bits per heavy atom. The summed E-state index contributed by atoms with van der Waals surface area (Å²) in [6.45, 7) is 14.2. The fourth-order valence-corrected chi connectivity index (χ4v) is 14.7. The molecule has 1 heterocycles. The van der Waals surface area contributed by atoms with Crippen molar-refractivity contribution in [3.05, 3.63) is 11.1 Å². The molecule has 228 valence electrons. The number of allylic oxidation sites excluding steroid dienone is 1. The topological polar surface area (TPSA) is 57.5 Å². The number of thiol groups is 1. The van der Waals surface area contributed by atoms with Crippen LogP contribution in [0.1, 0.15) is 106 Å². The van der Waals surface area contributed by atoms with Crippen LogP contribution in [0.15, 0.2) is 11.1 Å². The third kappa shape index (κ3) is 5.02. The van der Waals surface area contributed by atoms with Crippen LogP contribution < -0.4 is 0 Å². The van der Waals surface area contributed by atoms with Crippen molar-refractivity contribution < 1.29 is 15.0 Å². The Hall–Kier alpha value is 0.380. The molecule has 10 unspecified atom stereocenters. The zero-order chi connectivity index (χ0) is 29.0. The van der Waals surface area contributed by atoms with Gasteiger partial charge in [0.1, 0.15) is 0 Å². The maximum Gasteiger partial charge on any atom is 0.160 e. The Bertz CT molecular complexity index is 975. The summed E-state index contributed by atoms with van der Waals surface area (Å²) < 4.78 is 0.158. The van der Waals surface area contributed by atoms with E-state index in [1.165, 1.54) is 37.7 Å². The van der Waals surface area contributed by atoms with Crippen molar-refractivity contribution in [3.63, 3.8) is 0 Å². The number of thioether (sulfide) groups is 2. The standard InChI is InChI=1S/C34H56O3S3/c1-7-9-23-21(10-11-27-32(23,4)14-12-24-22(19-38)25(35)13-15-33(24,27)5)29-28(20(2)3)26(36)18-34(29,6)30(37)31-39-16-8-17-40-31/h20-25,27,30-31,35,37-38H,7-19H2,1-6H3. The lowest BCUT2D eigenvalue weighted by Crippen LogP contribution is -2.60. The lowest BCUT2D eigenvalue weighted by Gasteiger charge is -2.66. The van der Waals surface area contributed by atoms with E-state index in [9.17, 15) is 15.0 Å². The van der Waals surface area contributed by atoms with Crippen molar-refractivity contribution in [2.75, 3.05) is 17.3 Å². The van der Waals surface area contributed by atoms with E-state index in [4.69, 9.17) is 12.6 Å². The molecule has 3 nitrogen and oxygen atoms in total. The highest BCUT2D eigenvalue weighted by molar-refractivity contribution is 8.17. The van der Waals surface area contributed by atoms with E-state index in [0.29, 0.717) is 41.8 Å². The average Bonchev–Trinajstić information content (AvgIpc) is 3.20. The predicted octanol–water partition coefficient (Wildman–Crippen LogP) is 8.04. The van der Waals surface area contributed by atoms with E-state index >= 15 is 0 Å². The van der Waals surface area contributed by atoms with Gasteiger partial charge < -0.3 is 10.2 Å². The first kappa shape index (κ1) is 31.8. The number of aliphatic hydroxyl groups is 2. The summed E-state index contributed by atoms with van der Waals surface area (Å²) in [5.74, 6) is 5.90. The molecule has 0 amide bonds. The van der Waals surface area contributed by atoms with Gasteiger partial charge in [0.25, 0.3) is 0 Å². The lowest BCUT2D eigenvalue weighted by atomic mass is 9.39. The number of aliphatic hydroxyl groups excluding tert-OH is 2. The second kappa shape index (κ2) is 12.1. The van der Waals surface area contributed by atoms with Gasteiger partial charge in [-0.1, -0.05) is 53.5 Å². The molecule has 4 aliphatic carbocycles. The first-order chi connectivity index (χ1) is 18.9. The molecule has 1 aliphatic heterocycles. The molecule has 2 N–H and O–H groups in total. The fourth-order valence-electron chi connectivity index (χ4n) is 11.0. The molecule has 0 aromatic heterocycles. The van der Waals surface area contributed by atoms with E-state index in [0.717, 1.165) is 48.5 Å². The second-order valence-electron chi connectivity index (χ2n) is 15.1. The van der Waals surface area contributed by atoms with Crippen LogP contribution in [-0.2, 0) is 4.79 Å². The van der Waals surface area contributed by atoms with Gasteiger partial charge in [-0.05, 0) is 121 Å². The molecule has 0 aromatic carbocycles. The summed E-state index contributed by atoms with van der Waals surface area (Å²) >= 11 is 8.56. The van der Waals surface area contributed by atoms with Crippen LogP contribution >= 0.6 is 36.2 Å². The van der Waals surface area contributed by atoms with Gasteiger partial charge in [0.2, 0.25) is 0 Å². The lowest BCUT2D eigenvalue weighted by molar-refractivity contribution is -0.173. The summed E-state index contributed by atoms with van der Waals surface area (Å²) in [6.07, 6.45) is 10.1. The first-order valence-electron chi connectivity index (χ1n) is 16.4. The van der Waals surface area contributed by atoms with Crippen LogP contribution in [0.5, 0.6) is 0 Å². The Morgan fingerprint density at radius 2 is 1.70 bits per heavy atom. The molecule has 40 heavy (non-hydrogen) atoms. The molecule has 5 aliphatic rings. The average molecular weight is 609 g/mol. The highest BCUT2D eigenvalue weighted by atomic mass is 32.2. The van der Waals surface area contributed by atoms with Crippen LogP contribution in [0.4, 0.5) is 0 Å². The molecule has 3 saturated carbocycles. The van der Waals surface area contributed by atoms with Gasteiger partial charge in [-0.25, -0.2) is 0 Å². The number of carbonyl (C=O) groups is 1. The van der Waals surface area contributed by atoms with Crippen LogP contribution in [0.2, 0.25) is 0 Å². The van der Waals surface area contributed by atoms with Crippen LogP contribution in [0, 0.1) is 51.8 Å². The van der Waals surface area contributed by atoms with Crippen molar-refractivity contribution in [2.45, 2.75) is 123 Å². The minimum Gasteiger partial charge on any atom is -0.393 e. The van der Waals surface area contributed by atoms with Crippen molar-refractivity contribution in [1.29, 1.82) is 0 Å². The van der Waals surface area contributed by atoms with Gasteiger partial charge in [0.05, 0.1) is 16.8 Å². The van der Waals surface area contributed by atoms with Crippen LogP contribution in [0.3, 0.4) is 0 Å². The summed E-state index contributed by atoms with van der Waals surface area (Å²) in [7, 11) is 0. The molecule has 0 aromatic rings. The Morgan fingerprint density at radius 3 is 2.33 bits per heavy atom. The number of fused-ring (bicyclic) bond motifs is 3. The van der Waals surface area contributed by atoms with Gasteiger partial charge in [0.15, 0.2) is 5.78 Å². The molecule has 4 fully saturated rings. The predicted molar refractivity (Wildman–Crippen MR) is 175 cm³/mol. The summed E-state index contributed by atoms with van der Waals surface area (Å²) in [5, 5.41) is 23.0. The molecule has 10 atom stereocenters. The van der Waals surface area contributed by atoms with E-state index < -0.39 is 11.5 Å². The quantitative estimate of drug-likeness (QED) is 0.255. The summed E-state index contributed by atoms with van der Waals surface area (Å²) in [6, 6.07) is 0. The van der Waals surface area contributed by atoms with E-state index in [1.807, 2.05) is 23.5 Å². The zero-order valence-corrected chi connectivity index (χ0v) is 28.5. The maximum absolute atomic E-state index is 13.8. The maximum atomic E-state index is 13.8. The number of Topliss-reactive ketones (excluding diaryl/α,β-unsaturated/α-hetero) is 1. The molecule has 0 bridgehead atoms. The molecule has 1 saturated heterocycles. The zero-order valence-electron chi connectivity index (χ0n) is 26.0. The van der Waals surface area contributed by atoms with E-state index in [2.05, 4.69) is 41.5 Å². The number of carbonyl (C=O) groups excluding carboxylic acids is 1. The fraction of sp³-hybridized carbons (Fsp3) is 0.912. The number of hydrogen-bond acceptors (Lipinski definition) is 6. The molecular weight excluding hydrogens is 553 g/mol. The highest BCUT2D eigenvalue weighted by Gasteiger charge is 2.63. The van der Waals surface area contributed by atoms with Gasteiger partial charge in [0, 0.05) is 11.8 Å². The summed E-state index contributed by atoms with van der Waals surface area (Å²) in [4.78, 5) is 13.8. The molecule has 6 heteroatoms. The third-order valence-corrected chi connectivity index (χ3v) is 16.2. The normalized spacial score (nSPS) is 45.5. The third-order valence-electron chi connectivity index (χ3n) is 12.8. The van der Waals surface area contributed by atoms with Crippen LogP contribution in [-0.4, -0.2) is 50.0 Å². The van der Waals surface area contributed by atoms with E-state index in [-0.39, 0.29) is 27.4 Å². The monoisotopic (exact) mass is 608 g/mol. The Kier molecular flexibility index (Phi) is 9.58. The minimum atomic E-state index is -0.491. The molecule has 0 spiro atoms. The van der Waals surface area contributed by atoms with Crippen molar-refractivity contribution >= 4 is 41.9 Å².